The molecule has 1 saturated heterocycles. The molecule has 1 aliphatic heterocycles. The lowest BCUT2D eigenvalue weighted by Gasteiger charge is -2.34. The van der Waals surface area contributed by atoms with Crippen molar-refractivity contribution in [3.63, 3.8) is 0 Å². The number of ether oxygens (including phenoxy) is 1. The van der Waals surface area contributed by atoms with Crippen LogP contribution < -0.4 is 10.1 Å². The highest BCUT2D eigenvalue weighted by atomic mass is 35.5. The maximum Gasteiger partial charge on any atom is 0.573 e. The largest absolute Gasteiger partial charge is 0.573 e. The Morgan fingerprint density at radius 2 is 1.91 bits per heavy atom. The third kappa shape index (κ3) is 4.98. The molecule has 0 saturated carbocycles. The molecule has 1 aromatic rings. The highest BCUT2D eigenvalue weighted by Crippen LogP contribution is 2.30. The summed E-state index contributed by atoms with van der Waals surface area (Å²) in [5.74, 6) is -1.16. The molecule has 1 atom stereocenters. The van der Waals surface area contributed by atoms with E-state index in [9.17, 15) is 22.7 Å². The Kier molecular flexibility index (Phi) is 6.86. The van der Waals surface area contributed by atoms with Gasteiger partial charge < -0.3 is 15.2 Å². The van der Waals surface area contributed by atoms with Gasteiger partial charge in [0.1, 0.15) is 11.6 Å². The summed E-state index contributed by atoms with van der Waals surface area (Å²) in [7, 11) is 0. The first-order chi connectivity index (χ1) is 9.90. The minimum atomic E-state index is -4.83. The molecule has 1 aliphatic rings. The van der Waals surface area contributed by atoms with Crippen LogP contribution in [0, 0.1) is 5.82 Å². The number of rotatable bonds is 4. The van der Waals surface area contributed by atoms with Gasteiger partial charge in [-0.25, -0.2) is 4.39 Å². The number of aliphatic hydroxyl groups excluding tert-OH is 1. The van der Waals surface area contributed by atoms with Crippen molar-refractivity contribution in [3.05, 3.63) is 29.6 Å². The number of alkyl halides is 3. The summed E-state index contributed by atoms with van der Waals surface area (Å²) in [6.45, 7) is 2.13. The molecule has 0 amide bonds. The summed E-state index contributed by atoms with van der Waals surface area (Å²) < 4.78 is 54.4. The summed E-state index contributed by atoms with van der Waals surface area (Å²) in [6, 6.07) is 2.13. The number of hydrogen-bond acceptors (Lipinski definition) is 4. The minimum Gasteiger partial charge on any atom is -0.406 e. The van der Waals surface area contributed by atoms with E-state index in [0.29, 0.717) is 26.2 Å². The van der Waals surface area contributed by atoms with E-state index in [1.165, 1.54) is 0 Å². The number of nitrogens with zero attached hydrogens (tertiary/aromatic N) is 1. The van der Waals surface area contributed by atoms with Crippen LogP contribution in [-0.4, -0.2) is 49.2 Å². The van der Waals surface area contributed by atoms with Gasteiger partial charge >= 0.3 is 6.36 Å². The second-order valence-electron chi connectivity index (χ2n) is 4.72. The topological polar surface area (TPSA) is 44.7 Å². The number of hydrogen-bond donors (Lipinski definition) is 2. The monoisotopic (exact) mass is 344 g/mol. The Balaban J connectivity index is 0.00000242. The summed E-state index contributed by atoms with van der Waals surface area (Å²) >= 11 is 0. The van der Waals surface area contributed by atoms with Crippen LogP contribution in [0.3, 0.4) is 0 Å². The lowest BCUT2D eigenvalue weighted by Crippen LogP contribution is -2.46. The Morgan fingerprint density at radius 3 is 2.45 bits per heavy atom. The Hall–Kier alpha value is -1.09. The average Bonchev–Trinajstić information content (AvgIpc) is 2.43. The predicted molar refractivity (Wildman–Crippen MR) is 74.6 cm³/mol. The van der Waals surface area contributed by atoms with Gasteiger partial charge in [0.25, 0.3) is 0 Å². The highest BCUT2D eigenvalue weighted by molar-refractivity contribution is 5.85. The van der Waals surface area contributed by atoms with Crippen molar-refractivity contribution in [2.45, 2.75) is 12.4 Å². The van der Waals surface area contributed by atoms with E-state index in [-0.39, 0.29) is 24.6 Å². The highest BCUT2D eigenvalue weighted by Gasteiger charge is 2.32. The van der Waals surface area contributed by atoms with Gasteiger partial charge in [-0.2, -0.15) is 0 Å². The molecule has 4 nitrogen and oxygen atoms in total. The van der Waals surface area contributed by atoms with Crippen molar-refractivity contribution in [2.75, 3.05) is 32.8 Å². The molecule has 1 aromatic carbocycles. The van der Waals surface area contributed by atoms with Crippen molar-refractivity contribution in [1.82, 2.24) is 10.2 Å². The molecule has 9 heteroatoms. The van der Waals surface area contributed by atoms with Gasteiger partial charge in [-0.05, 0) is 18.2 Å². The van der Waals surface area contributed by atoms with Crippen LogP contribution in [0.25, 0.3) is 0 Å². The molecule has 2 rings (SSSR count). The molecule has 126 valence electrons. The summed E-state index contributed by atoms with van der Waals surface area (Å²) in [6.07, 6.45) is -4.83. The first kappa shape index (κ1) is 19.0. The van der Waals surface area contributed by atoms with Gasteiger partial charge in [-0.1, -0.05) is 0 Å². The zero-order valence-electron chi connectivity index (χ0n) is 11.6. The average molecular weight is 345 g/mol. The third-order valence-corrected chi connectivity index (χ3v) is 3.33. The Labute approximate surface area is 131 Å². The maximum atomic E-state index is 13.9. The van der Waals surface area contributed by atoms with Gasteiger partial charge in [0, 0.05) is 31.7 Å². The molecular weight excluding hydrogens is 328 g/mol. The van der Waals surface area contributed by atoms with Crippen LogP contribution in [0.4, 0.5) is 17.6 Å². The second kappa shape index (κ2) is 7.96. The van der Waals surface area contributed by atoms with Crippen LogP contribution in [0.5, 0.6) is 5.75 Å². The van der Waals surface area contributed by atoms with Crippen molar-refractivity contribution >= 4 is 12.4 Å². The van der Waals surface area contributed by atoms with Crippen molar-refractivity contribution in [1.29, 1.82) is 0 Å². The molecule has 0 bridgehead atoms. The van der Waals surface area contributed by atoms with E-state index in [4.69, 9.17) is 0 Å². The number of benzene rings is 1. The van der Waals surface area contributed by atoms with Crippen LogP contribution in [-0.2, 0) is 0 Å². The van der Waals surface area contributed by atoms with Crippen molar-refractivity contribution in [3.8, 4) is 5.75 Å². The van der Waals surface area contributed by atoms with E-state index < -0.39 is 24.0 Å². The number of halogens is 5. The fourth-order valence-electron chi connectivity index (χ4n) is 2.38. The van der Waals surface area contributed by atoms with Gasteiger partial charge in [-0.3, -0.25) is 4.90 Å². The molecule has 0 spiro atoms. The van der Waals surface area contributed by atoms with Crippen molar-refractivity contribution in [2.24, 2.45) is 0 Å². The Morgan fingerprint density at radius 1 is 1.27 bits per heavy atom. The number of nitrogens with one attached hydrogen (secondary N) is 1. The Bertz CT molecular complexity index is 482. The molecule has 1 fully saturated rings. The van der Waals surface area contributed by atoms with E-state index >= 15 is 0 Å². The summed E-state index contributed by atoms with van der Waals surface area (Å²) in [5.41, 5.74) is 0.00106. The van der Waals surface area contributed by atoms with Gasteiger partial charge in [0.15, 0.2) is 0 Å². The van der Waals surface area contributed by atoms with Crippen LogP contribution in [0.1, 0.15) is 11.6 Å². The zero-order valence-corrected chi connectivity index (χ0v) is 12.4. The van der Waals surface area contributed by atoms with E-state index in [0.717, 1.165) is 18.2 Å². The molecule has 2 N–H and O–H groups in total. The van der Waals surface area contributed by atoms with Gasteiger partial charge in [0.05, 0.1) is 12.6 Å². The minimum absolute atomic E-state index is 0. The summed E-state index contributed by atoms with van der Waals surface area (Å²) in [4.78, 5) is 1.83. The SMILES string of the molecule is Cl.OC[C@@H](c1cc(OC(F)(F)F)ccc1F)N1CCNCC1. The predicted octanol–water partition coefficient (Wildman–Crippen LogP) is 2.08. The standard InChI is InChI=1S/C13H16F4N2O2.ClH/c14-11-2-1-9(21-13(15,16)17)7-10(11)12(8-20)19-5-3-18-4-6-19;/h1-2,7,12,18,20H,3-6,8H2;1H/t12-;/m0./s1. The third-order valence-electron chi connectivity index (χ3n) is 3.33. The van der Waals surface area contributed by atoms with Crippen LogP contribution >= 0.6 is 12.4 Å². The molecule has 0 aromatic heterocycles. The molecular formula is C13H17ClF4N2O2. The molecule has 0 unspecified atom stereocenters. The maximum absolute atomic E-state index is 13.9. The van der Waals surface area contributed by atoms with E-state index in [1.54, 1.807) is 0 Å². The van der Waals surface area contributed by atoms with E-state index in [1.807, 2.05) is 4.90 Å². The fraction of sp³-hybridized carbons (Fsp3) is 0.538. The lowest BCUT2D eigenvalue weighted by atomic mass is 10.0. The summed E-state index contributed by atoms with van der Waals surface area (Å²) in [5, 5.41) is 12.6. The zero-order chi connectivity index (χ0) is 15.5. The van der Waals surface area contributed by atoms with Crippen LogP contribution in [0.2, 0.25) is 0 Å². The first-order valence-electron chi connectivity index (χ1n) is 6.51. The van der Waals surface area contributed by atoms with E-state index in [2.05, 4.69) is 10.1 Å². The smallest absolute Gasteiger partial charge is 0.406 e. The molecule has 1 heterocycles. The number of aliphatic hydroxyl groups is 1. The van der Waals surface area contributed by atoms with Gasteiger partial charge in [0.2, 0.25) is 0 Å². The fourth-order valence-corrected chi connectivity index (χ4v) is 2.38. The molecule has 22 heavy (non-hydrogen) atoms. The molecule has 0 radical (unpaired) electrons. The lowest BCUT2D eigenvalue weighted by molar-refractivity contribution is -0.274. The number of piperazine rings is 1. The molecule has 0 aliphatic carbocycles. The van der Waals surface area contributed by atoms with Crippen LogP contribution in [0.15, 0.2) is 18.2 Å². The quantitative estimate of drug-likeness (QED) is 0.821. The normalized spacial score (nSPS) is 17.7. The van der Waals surface area contributed by atoms with Gasteiger partial charge in [-0.15, -0.1) is 25.6 Å². The van der Waals surface area contributed by atoms with Crippen molar-refractivity contribution < 1.29 is 27.4 Å². The first-order valence-corrected chi connectivity index (χ1v) is 6.51. The second-order valence-corrected chi connectivity index (χ2v) is 4.72.